The van der Waals surface area contributed by atoms with E-state index in [0.717, 1.165) is 0 Å². The maximum atomic E-state index is 12.4. The molecule has 26 heavy (non-hydrogen) atoms. The molecule has 1 aliphatic heterocycles. The Morgan fingerprint density at radius 1 is 1.19 bits per heavy atom. The number of aromatic nitrogens is 1. The van der Waals surface area contributed by atoms with E-state index in [1.54, 1.807) is 49.6 Å². The molecule has 0 atom stereocenters. The lowest BCUT2D eigenvalue weighted by molar-refractivity contribution is 0.0299. The Hall–Kier alpha value is -2.51. The highest BCUT2D eigenvalue weighted by Gasteiger charge is 2.19. The first kappa shape index (κ1) is 18.3. The van der Waals surface area contributed by atoms with Crippen LogP contribution in [0, 0.1) is 0 Å². The summed E-state index contributed by atoms with van der Waals surface area (Å²) in [5.41, 5.74) is 1.80. The highest BCUT2D eigenvalue weighted by Crippen LogP contribution is 2.37. The number of anilines is 2. The van der Waals surface area contributed by atoms with Gasteiger partial charge in [-0.1, -0.05) is 11.6 Å². The van der Waals surface area contributed by atoms with Gasteiger partial charge in [-0.2, -0.15) is 0 Å². The number of carbonyl (C=O) groups excluding carboxylic acids is 1. The third-order valence-corrected chi connectivity index (χ3v) is 4.33. The van der Waals surface area contributed by atoms with Crippen LogP contribution in [-0.4, -0.2) is 56.3 Å². The van der Waals surface area contributed by atoms with Crippen molar-refractivity contribution in [1.29, 1.82) is 0 Å². The van der Waals surface area contributed by atoms with Gasteiger partial charge in [-0.15, -0.1) is 0 Å². The Kier molecular flexibility index (Phi) is 5.80. The van der Waals surface area contributed by atoms with Gasteiger partial charge in [-0.05, 0) is 12.1 Å². The number of carbonyl (C=O) groups is 1. The number of morpholine rings is 1. The first-order valence-corrected chi connectivity index (χ1v) is 8.52. The first-order chi connectivity index (χ1) is 12.6. The Bertz CT molecular complexity index is 777. The molecule has 0 radical (unpaired) electrons. The molecule has 2 aromatic rings. The van der Waals surface area contributed by atoms with Gasteiger partial charge in [0.1, 0.15) is 17.2 Å². The number of ether oxygens (including phenoxy) is 3. The summed E-state index contributed by atoms with van der Waals surface area (Å²) in [6, 6.07) is 6.90. The van der Waals surface area contributed by atoms with Crippen molar-refractivity contribution in [2.24, 2.45) is 0 Å². The van der Waals surface area contributed by atoms with E-state index in [9.17, 15) is 4.79 Å². The predicted octanol–water partition coefficient (Wildman–Crippen LogP) is 2.97. The van der Waals surface area contributed by atoms with Crippen molar-refractivity contribution in [2.75, 3.05) is 45.8 Å². The van der Waals surface area contributed by atoms with Crippen LogP contribution < -0.4 is 14.8 Å². The van der Waals surface area contributed by atoms with Gasteiger partial charge in [0.25, 0.3) is 5.91 Å². The molecule has 1 aromatic heterocycles. The molecule has 0 unspecified atom stereocenters. The molecule has 3 rings (SSSR count). The van der Waals surface area contributed by atoms with Crippen LogP contribution in [0.25, 0.3) is 0 Å². The molecular weight excluding hydrogens is 358 g/mol. The first-order valence-electron chi connectivity index (χ1n) is 8.14. The summed E-state index contributed by atoms with van der Waals surface area (Å²) in [7, 11) is 3.11. The number of halogens is 1. The van der Waals surface area contributed by atoms with Crippen LogP contribution in [0.5, 0.6) is 11.5 Å². The van der Waals surface area contributed by atoms with E-state index in [1.165, 1.54) is 0 Å². The minimum Gasteiger partial charge on any atom is -0.495 e. The highest BCUT2D eigenvalue weighted by atomic mass is 35.5. The molecule has 0 aliphatic carbocycles. The fourth-order valence-electron chi connectivity index (χ4n) is 2.64. The lowest BCUT2D eigenvalue weighted by Crippen LogP contribution is -2.41. The van der Waals surface area contributed by atoms with Gasteiger partial charge >= 0.3 is 0 Å². The number of nitrogens with one attached hydrogen (secondary N) is 1. The Morgan fingerprint density at radius 2 is 1.92 bits per heavy atom. The number of hydrogen-bond acceptors (Lipinski definition) is 6. The SMILES string of the molecule is COc1cc(Nc2ccc(C(=O)N3CCOCC3)nc2)c(OC)cc1Cl. The zero-order valence-corrected chi connectivity index (χ0v) is 15.4. The summed E-state index contributed by atoms with van der Waals surface area (Å²) in [5.74, 6) is 1.01. The fourth-order valence-corrected chi connectivity index (χ4v) is 2.87. The van der Waals surface area contributed by atoms with E-state index >= 15 is 0 Å². The molecule has 1 aliphatic rings. The molecule has 0 spiro atoms. The molecule has 138 valence electrons. The highest BCUT2D eigenvalue weighted by molar-refractivity contribution is 6.32. The Labute approximate surface area is 156 Å². The third kappa shape index (κ3) is 4.00. The largest absolute Gasteiger partial charge is 0.495 e. The Morgan fingerprint density at radius 3 is 2.54 bits per heavy atom. The van der Waals surface area contributed by atoms with Gasteiger partial charge in [0.15, 0.2) is 0 Å². The van der Waals surface area contributed by atoms with E-state index < -0.39 is 0 Å². The lowest BCUT2D eigenvalue weighted by atomic mass is 10.2. The zero-order valence-electron chi connectivity index (χ0n) is 14.6. The maximum absolute atomic E-state index is 12.4. The molecule has 1 aromatic carbocycles. The van der Waals surface area contributed by atoms with Crippen LogP contribution in [0.4, 0.5) is 11.4 Å². The number of nitrogens with zero attached hydrogens (tertiary/aromatic N) is 2. The van der Waals surface area contributed by atoms with E-state index in [4.69, 9.17) is 25.8 Å². The average molecular weight is 378 g/mol. The number of rotatable bonds is 5. The van der Waals surface area contributed by atoms with Gasteiger partial charge in [-0.3, -0.25) is 4.79 Å². The summed E-state index contributed by atoms with van der Waals surface area (Å²) < 4.78 is 15.8. The minimum absolute atomic E-state index is 0.0920. The molecule has 8 heteroatoms. The van der Waals surface area contributed by atoms with Crippen molar-refractivity contribution >= 4 is 28.9 Å². The molecule has 1 saturated heterocycles. The smallest absolute Gasteiger partial charge is 0.272 e. The van der Waals surface area contributed by atoms with Crippen molar-refractivity contribution < 1.29 is 19.0 Å². The van der Waals surface area contributed by atoms with Gasteiger partial charge in [0.2, 0.25) is 0 Å². The van der Waals surface area contributed by atoms with Crippen LogP contribution in [0.3, 0.4) is 0 Å². The minimum atomic E-state index is -0.0920. The second-order valence-electron chi connectivity index (χ2n) is 5.65. The molecular formula is C18H20ClN3O4. The monoisotopic (exact) mass is 377 g/mol. The van der Waals surface area contributed by atoms with Crippen LogP contribution >= 0.6 is 11.6 Å². The van der Waals surface area contributed by atoms with Crippen LogP contribution in [0.1, 0.15) is 10.5 Å². The van der Waals surface area contributed by atoms with Crippen molar-refractivity contribution in [3.8, 4) is 11.5 Å². The standard InChI is InChI=1S/C18H20ClN3O4/c1-24-16-10-15(17(25-2)9-13(16)19)21-12-3-4-14(20-11-12)18(23)22-5-7-26-8-6-22/h3-4,9-11,21H,5-8H2,1-2H3. The number of pyridine rings is 1. The van der Waals surface area contributed by atoms with Crippen LogP contribution in [0.15, 0.2) is 30.5 Å². The summed E-state index contributed by atoms with van der Waals surface area (Å²) in [5, 5.41) is 3.66. The van der Waals surface area contributed by atoms with Gasteiger partial charge in [0, 0.05) is 25.2 Å². The van der Waals surface area contributed by atoms with Crippen molar-refractivity contribution in [1.82, 2.24) is 9.88 Å². The van der Waals surface area contributed by atoms with Gasteiger partial charge in [-0.25, -0.2) is 4.98 Å². The summed E-state index contributed by atoms with van der Waals surface area (Å²) in [6.07, 6.45) is 1.61. The second-order valence-corrected chi connectivity index (χ2v) is 6.06. The number of benzene rings is 1. The predicted molar refractivity (Wildman–Crippen MR) is 98.8 cm³/mol. The summed E-state index contributed by atoms with van der Waals surface area (Å²) in [4.78, 5) is 18.4. The third-order valence-electron chi connectivity index (χ3n) is 4.03. The normalized spacial score (nSPS) is 14.0. The summed E-state index contributed by atoms with van der Waals surface area (Å²) >= 11 is 6.12. The molecule has 0 bridgehead atoms. The Balaban J connectivity index is 1.76. The van der Waals surface area contributed by atoms with Crippen molar-refractivity contribution in [3.63, 3.8) is 0 Å². The summed E-state index contributed by atoms with van der Waals surface area (Å²) in [6.45, 7) is 2.29. The second kappa shape index (κ2) is 8.25. The number of methoxy groups -OCH3 is 2. The quantitative estimate of drug-likeness (QED) is 0.863. The number of amides is 1. The van der Waals surface area contributed by atoms with Gasteiger partial charge in [0.05, 0.1) is 50.0 Å². The molecule has 1 N–H and O–H groups in total. The van der Waals surface area contributed by atoms with Crippen molar-refractivity contribution in [3.05, 3.63) is 41.2 Å². The molecule has 7 nitrogen and oxygen atoms in total. The van der Waals surface area contributed by atoms with Crippen LogP contribution in [0.2, 0.25) is 5.02 Å². The topological polar surface area (TPSA) is 72.9 Å². The molecule has 2 heterocycles. The van der Waals surface area contributed by atoms with E-state index in [1.807, 2.05) is 0 Å². The van der Waals surface area contributed by atoms with Crippen molar-refractivity contribution in [2.45, 2.75) is 0 Å². The van der Waals surface area contributed by atoms with Crippen LogP contribution in [-0.2, 0) is 4.74 Å². The zero-order chi connectivity index (χ0) is 18.5. The lowest BCUT2D eigenvalue weighted by Gasteiger charge is -2.26. The molecule has 1 amide bonds. The molecule has 0 saturated carbocycles. The van der Waals surface area contributed by atoms with E-state index in [-0.39, 0.29) is 5.91 Å². The van der Waals surface area contributed by atoms with Gasteiger partial charge < -0.3 is 24.4 Å². The number of hydrogen-bond donors (Lipinski definition) is 1. The fraction of sp³-hybridized carbons (Fsp3) is 0.333. The van der Waals surface area contributed by atoms with E-state index in [2.05, 4.69) is 10.3 Å². The average Bonchev–Trinajstić information content (AvgIpc) is 2.69. The van der Waals surface area contributed by atoms with E-state index in [0.29, 0.717) is 59.9 Å². The maximum Gasteiger partial charge on any atom is 0.272 e. The molecule has 1 fully saturated rings.